The Bertz CT molecular complexity index is 794. The highest BCUT2D eigenvalue weighted by molar-refractivity contribution is 6.00. The quantitative estimate of drug-likeness (QED) is 0.772. The summed E-state index contributed by atoms with van der Waals surface area (Å²) in [6.45, 7) is -0.474. The van der Waals surface area contributed by atoms with E-state index in [0.717, 1.165) is 11.3 Å². The SMILES string of the molecule is O=C(O)c1ccnc2cc(Cc3ccc(CF)cc3)[nH]c12. The first-order chi connectivity index (χ1) is 10.2. The molecule has 0 spiro atoms. The predicted octanol–water partition coefficient (Wildman–Crippen LogP) is 3.32. The normalized spacial score (nSPS) is 10.9. The van der Waals surface area contributed by atoms with E-state index in [4.69, 9.17) is 5.11 Å². The average molecular weight is 284 g/mol. The number of carboxylic acid groups (broad SMARTS) is 1. The van der Waals surface area contributed by atoms with Gasteiger partial charge in [0, 0.05) is 18.3 Å². The van der Waals surface area contributed by atoms with Crippen LogP contribution in [0, 0.1) is 0 Å². The van der Waals surface area contributed by atoms with E-state index in [9.17, 15) is 9.18 Å². The molecule has 21 heavy (non-hydrogen) atoms. The fraction of sp³-hybridized carbons (Fsp3) is 0.125. The van der Waals surface area contributed by atoms with E-state index in [-0.39, 0.29) is 5.56 Å². The van der Waals surface area contributed by atoms with E-state index in [1.54, 1.807) is 12.1 Å². The lowest BCUT2D eigenvalue weighted by Crippen LogP contribution is -1.97. The van der Waals surface area contributed by atoms with Gasteiger partial charge in [-0.3, -0.25) is 4.98 Å². The topological polar surface area (TPSA) is 66.0 Å². The summed E-state index contributed by atoms with van der Waals surface area (Å²) in [5, 5.41) is 9.16. The van der Waals surface area contributed by atoms with Crippen LogP contribution in [0.1, 0.15) is 27.2 Å². The molecular weight excluding hydrogens is 271 g/mol. The molecule has 2 aromatic heterocycles. The van der Waals surface area contributed by atoms with Crippen molar-refractivity contribution in [1.29, 1.82) is 0 Å². The molecule has 0 radical (unpaired) electrons. The Balaban J connectivity index is 1.93. The number of alkyl halides is 1. The van der Waals surface area contributed by atoms with Crippen LogP contribution in [0.5, 0.6) is 0 Å². The van der Waals surface area contributed by atoms with E-state index in [1.165, 1.54) is 12.3 Å². The highest BCUT2D eigenvalue weighted by Gasteiger charge is 2.12. The van der Waals surface area contributed by atoms with Gasteiger partial charge in [-0.1, -0.05) is 24.3 Å². The molecule has 0 unspecified atom stereocenters. The highest BCUT2D eigenvalue weighted by atomic mass is 19.1. The van der Waals surface area contributed by atoms with Gasteiger partial charge in [0.2, 0.25) is 0 Å². The van der Waals surface area contributed by atoms with E-state index in [1.807, 2.05) is 18.2 Å². The van der Waals surface area contributed by atoms with Gasteiger partial charge in [0.1, 0.15) is 6.67 Å². The summed E-state index contributed by atoms with van der Waals surface area (Å²) in [6.07, 6.45) is 2.10. The van der Waals surface area contributed by atoms with Gasteiger partial charge in [0.15, 0.2) is 0 Å². The maximum Gasteiger partial charge on any atom is 0.337 e. The number of benzene rings is 1. The number of pyridine rings is 1. The number of halogens is 1. The lowest BCUT2D eigenvalue weighted by molar-refractivity contribution is 0.0698. The van der Waals surface area contributed by atoms with E-state index >= 15 is 0 Å². The Hall–Kier alpha value is -2.69. The first-order valence-electron chi connectivity index (χ1n) is 6.51. The standard InChI is InChI=1S/C16H13FN2O2/c17-9-11-3-1-10(2-4-11)7-12-8-14-15(19-12)13(16(20)21)5-6-18-14/h1-6,8,19H,7,9H2,(H,20,21). The van der Waals surface area contributed by atoms with Crippen LogP contribution < -0.4 is 0 Å². The molecule has 2 N–H and O–H groups in total. The fourth-order valence-electron chi connectivity index (χ4n) is 2.32. The number of aromatic carboxylic acids is 1. The third-order valence-electron chi connectivity index (χ3n) is 3.38. The predicted molar refractivity (Wildman–Crippen MR) is 77.1 cm³/mol. The van der Waals surface area contributed by atoms with Gasteiger partial charge in [-0.15, -0.1) is 0 Å². The largest absolute Gasteiger partial charge is 0.478 e. The minimum Gasteiger partial charge on any atom is -0.478 e. The van der Waals surface area contributed by atoms with Crippen LogP contribution in [-0.2, 0) is 13.1 Å². The van der Waals surface area contributed by atoms with Crippen molar-refractivity contribution in [2.24, 2.45) is 0 Å². The number of hydrogen-bond donors (Lipinski definition) is 2. The number of aromatic amines is 1. The van der Waals surface area contributed by atoms with Crippen molar-refractivity contribution >= 4 is 17.0 Å². The zero-order chi connectivity index (χ0) is 14.8. The highest BCUT2D eigenvalue weighted by Crippen LogP contribution is 2.19. The zero-order valence-corrected chi connectivity index (χ0v) is 11.1. The van der Waals surface area contributed by atoms with Crippen molar-refractivity contribution < 1.29 is 14.3 Å². The van der Waals surface area contributed by atoms with Gasteiger partial charge in [-0.2, -0.15) is 0 Å². The summed E-state index contributed by atoms with van der Waals surface area (Å²) in [5.41, 5.74) is 3.91. The van der Waals surface area contributed by atoms with Crippen LogP contribution in [0.2, 0.25) is 0 Å². The molecule has 4 nitrogen and oxygen atoms in total. The van der Waals surface area contributed by atoms with Crippen LogP contribution in [0.4, 0.5) is 4.39 Å². The van der Waals surface area contributed by atoms with Crippen LogP contribution in [0.25, 0.3) is 11.0 Å². The maximum atomic E-state index is 12.5. The summed E-state index contributed by atoms with van der Waals surface area (Å²) < 4.78 is 12.5. The first kappa shape index (κ1) is 13.3. The Morgan fingerprint density at radius 3 is 2.57 bits per heavy atom. The molecular formula is C16H13FN2O2. The molecule has 106 valence electrons. The maximum absolute atomic E-state index is 12.5. The number of carboxylic acids is 1. The molecule has 5 heteroatoms. The molecule has 0 aliphatic carbocycles. The van der Waals surface area contributed by atoms with E-state index in [2.05, 4.69) is 9.97 Å². The molecule has 1 aromatic carbocycles. The smallest absolute Gasteiger partial charge is 0.337 e. The van der Waals surface area contributed by atoms with Crippen molar-refractivity contribution in [1.82, 2.24) is 9.97 Å². The summed E-state index contributed by atoms with van der Waals surface area (Å²) >= 11 is 0. The molecule has 2 heterocycles. The number of nitrogens with zero attached hydrogens (tertiary/aromatic N) is 1. The van der Waals surface area contributed by atoms with Crippen LogP contribution in [0.15, 0.2) is 42.6 Å². The minimum absolute atomic E-state index is 0.207. The lowest BCUT2D eigenvalue weighted by Gasteiger charge is -2.00. The number of fused-ring (bicyclic) bond motifs is 1. The van der Waals surface area contributed by atoms with Crippen molar-refractivity contribution in [3.8, 4) is 0 Å². The van der Waals surface area contributed by atoms with Gasteiger partial charge in [0.25, 0.3) is 0 Å². The first-order valence-corrected chi connectivity index (χ1v) is 6.51. The molecule has 0 saturated carbocycles. The van der Waals surface area contributed by atoms with E-state index in [0.29, 0.717) is 23.0 Å². The second-order valence-electron chi connectivity index (χ2n) is 4.85. The molecule has 0 fully saturated rings. The average Bonchev–Trinajstić information content (AvgIpc) is 2.89. The fourth-order valence-corrected chi connectivity index (χ4v) is 2.32. The van der Waals surface area contributed by atoms with Gasteiger partial charge >= 0.3 is 5.97 Å². The van der Waals surface area contributed by atoms with Crippen LogP contribution in [-0.4, -0.2) is 21.0 Å². The molecule has 0 aliphatic heterocycles. The number of nitrogens with one attached hydrogen (secondary N) is 1. The van der Waals surface area contributed by atoms with Crippen LogP contribution in [0.3, 0.4) is 0 Å². The second-order valence-corrected chi connectivity index (χ2v) is 4.85. The number of rotatable bonds is 4. The Labute approximate surface area is 120 Å². The Morgan fingerprint density at radius 2 is 1.90 bits per heavy atom. The molecule has 0 bridgehead atoms. The molecule has 0 saturated heterocycles. The van der Waals surface area contributed by atoms with Crippen molar-refractivity contribution in [3.63, 3.8) is 0 Å². The summed E-state index contributed by atoms with van der Waals surface area (Å²) in [7, 11) is 0. The molecule has 3 aromatic rings. The number of hydrogen-bond acceptors (Lipinski definition) is 2. The zero-order valence-electron chi connectivity index (χ0n) is 11.1. The third kappa shape index (κ3) is 2.63. The monoisotopic (exact) mass is 284 g/mol. The third-order valence-corrected chi connectivity index (χ3v) is 3.38. The minimum atomic E-state index is -0.983. The van der Waals surface area contributed by atoms with Crippen molar-refractivity contribution in [3.05, 3.63) is 65.0 Å². The second kappa shape index (κ2) is 5.36. The van der Waals surface area contributed by atoms with Crippen molar-refractivity contribution in [2.45, 2.75) is 13.1 Å². The van der Waals surface area contributed by atoms with Gasteiger partial charge in [-0.05, 0) is 23.3 Å². The molecule has 3 rings (SSSR count). The summed E-state index contributed by atoms with van der Waals surface area (Å²) in [6, 6.07) is 10.5. The summed E-state index contributed by atoms with van der Waals surface area (Å²) in [5.74, 6) is -0.983. The van der Waals surface area contributed by atoms with Crippen molar-refractivity contribution in [2.75, 3.05) is 0 Å². The molecule has 0 amide bonds. The molecule has 0 atom stereocenters. The Morgan fingerprint density at radius 1 is 1.19 bits per heavy atom. The number of H-pyrrole nitrogens is 1. The van der Waals surface area contributed by atoms with Gasteiger partial charge in [-0.25, -0.2) is 9.18 Å². The van der Waals surface area contributed by atoms with Crippen LogP contribution >= 0.6 is 0 Å². The van der Waals surface area contributed by atoms with Gasteiger partial charge in [0.05, 0.1) is 16.6 Å². The Kier molecular flexibility index (Phi) is 3.39. The number of aromatic nitrogens is 2. The van der Waals surface area contributed by atoms with Gasteiger partial charge < -0.3 is 10.1 Å². The van der Waals surface area contributed by atoms with E-state index < -0.39 is 12.6 Å². The molecule has 0 aliphatic rings. The number of carbonyl (C=O) groups is 1. The summed E-state index contributed by atoms with van der Waals surface area (Å²) in [4.78, 5) is 18.4. The lowest BCUT2D eigenvalue weighted by atomic mass is 10.1.